The van der Waals surface area contributed by atoms with Crippen molar-refractivity contribution in [2.24, 2.45) is 0 Å². The minimum Gasteiger partial charge on any atom is -0.396 e. The second-order valence-electron chi connectivity index (χ2n) is 4.05. The zero-order valence-electron chi connectivity index (χ0n) is 9.42. The van der Waals surface area contributed by atoms with Crippen LogP contribution in [0, 0.1) is 19.7 Å². The van der Waals surface area contributed by atoms with Gasteiger partial charge in [-0.1, -0.05) is 29.8 Å². The second kappa shape index (κ2) is 3.97. The highest BCUT2D eigenvalue weighted by Gasteiger charge is 2.06. The minimum absolute atomic E-state index is 0.196. The molecule has 0 saturated heterocycles. The van der Waals surface area contributed by atoms with E-state index in [2.05, 4.69) is 0 Å². The van der Waals surface area contributed by atoms with E-state index in [1.165, 1.54) is 11.6 Å². The van der Waals surface area contributed by atoms with Crippen LogP contribution in [0.3, 0.4) is 0 Å². The summed E-state index contributed by atoms with van der Waals surface area (Å²) in [4.78, 5) is 0. The molecule has 16 heavy (non-hydrogen) atoms. The molecule has 0 radical (unpaired) electrons. The summed E-state index contributed by atoms with van der Waals surface area (Å²) in [5, 5.41) is 0. The molecule has 2 aromatic rings. The molecular formula is C14H14FN. The van der Waals surface area contributed by atoms with E-state index in [1.807, 2.05) is 38.1 Å². The highest BCUT2D eigenvalue weighted by Crippen LogP contribution is 2.27. The van der Waals surface area contributed by atoms with Gasteiger partial charge in [-0.25, -0.2) is 4.39 Å². The van der Waals surface area contributed by atoms with E-state index in [9.17, 15) is 4.39 Å². The Balaban J connectivity index is 2.56. The molecular weight excluding hydrogens is 201 g/mol. The number of rotatable bonds is 1. The summed E-state index contributed by atoms with van der Waals surface area (Å²) in [6.07, 6.45) is 0. The third-order valence-corrected chi connectivity index (χ3v) is 2.71. The molecule has 1 nitrogen and oxygen atoms in total. The molecule has 0 bridgehead atoms. The Hall–Kier alpha value is -1.83. The average Bonchev–Trinajstić information content (AvgIpc) is 2.25. The summed E-state index contributed by atoms with van der Waals surface area (Å²) in [6.45, 7) is 3.92. The Morgan fingerprint density at radius 3 is 2.25 bits per heavy atom. The molecule has 0 saturated carbocycles. The fourth-order valence-electron chi connectivity index (χ4n) is 1.73. The Morgan fingerprint density at radius 2 is 1.62 bits per heavy atom. The summed E-state index contributed by atoms with van der Waals surface area (Å²) in [5.41, 5.74) is 9.93. The quantitative estimate of drug-likeness (QED) is 0.721. The molecule has 0 aliphatic carbocycles. The zero-order chi connectivity index (χ0) is 11.7. The number of nitrogens with two attached hydrogens (primary N) is 1. The smallest absolute Gasteiger partial charge is 0.146 e. The maximum absolute atomic E-state index is 13.2. The molecule has 0 spiro atoms. The summed E-state index contributed by atoms with van der Waals surface area (Å²) in [7, 11) is 0. The number of nitrogen functional groups attached to an aromatic ring is 1. The minimum atomic E-state index is -0.353. The van der Waals surface area contributed by atoms with Crippen molar-refractivity contribution in [1.29, 1.82) is 0 Å². The SMILES string of the molecule is Cc1ccc(-c2cc(N)c(F)cc2C)cc1. The standard InChI is InChI=1S/C14H14FN/c1-9-3-5-11(6-4-9)12-8-14(16)13(15)7-10(12)2/h3-8H,16H2,1-2H3. The van der Waals surface area contributed by atoms with Gasteiger partial charge in [-0.05, 0) is 42.7 Å². The van der Waals surface area contributed by atoms with Crippen molar-refractivity contribution >= 4 is 5.69 Å². The average molecular weight is 215 g/mol. The van der Waals surface area contributed by atoms with Crippen LogP contribution < -0.4 is 5.73 Å². The maximum atomic E-state index is 13.2. The van der Waals surface area contributed by atoms with E-state index in [1.54, 1.807) is 6.07 Å². The van der Waals surface area contributed by atoms with Gasteiger partial charge in [0.25, 0.3) is 0 Å². The molecule has 82 valence electrons. The maximum Gasteiger partial charge on any atom is 0.146 e. The Bertz CT molecular complexity index is 515. The van der Waals surface area contributed by atoms with Gasteiger partial charge in [0.2, 0.25) is 0 Å². The molecule has 0 heterocycles. The van der Waals surface area contributed by atoms with Crippen molar-refractivity contribution < 1.29 is 4.39 Å². The van der Waals surface area contributed by atoms with Crippen LogP contribution in [-0.2, 0) is 0 Å². The fraction of sp³-hybridized carbons (Fsp3) is 0.143. The van der Waals surface area contributed by atoms with Crippen LogP contribution in [0.4, 0.5) is 10.1 Å². The topological polar surface area (TPSA) is 26.0 Å². The molecule has 2 heteroatoms. The fourth-order valence-corrected chi connectivity index (χ4v) is 1.73. The summed E-state index contributed by atoms with van der Waals surface area (Å²) < 4.78 is 13.2. The number of hydrogen-bond acceptors (Lipinski definition) is 1. The van der Waals surface area contributed by atoms with Crippen molar-refractivity contribution in [3.63, 3.8) is 0 Å². The molecule has 0 aromatic heterocycles. The van der Waals surface area contributed by atoms with Crippen molar-refractivity contribution in [3.8, 4) is 11.1 Å². The van der Waals surface area contributed by atoms with Gasteiger partial charge in [-0.3, -0.25) is 0 Å². The molecule has 2 rings (SSSR count). The second-order valence-corrected chi connectivity index (χ2v) is 4.05. The monoisotopic (exact) mass is 215 g/mol. The number of anilines is 1. The molecule has 2 aromatic carbocycles. The van der Waals surface area contributed by atoms with Crippen molar-refractivity contribution in [3.05, 3.63) is 53.3 Å². The van der Waals surface area contributed by atoms with Gasteiger partial charge < -0.3 is 5.73 Å². The molecule has 0 fully saturated rings. The third-order valence-electron chi connectivity index (χ3n) is 2.71. The van der Waals surface area contributed by atoms with E-state index in [0.29, 0.717) is 0 Å². The van der Waals surface area contributed by atoms with Crippen LogP contribution in [0.1, 0.15) is 11.1 Å². The van der Waals surface area contributed by atoms with Crippen molar-refractivity contribution in [2.45, 2.75) is 13.8 Å². The summed E-state index contributed by atoms with van der Waals surface area (Å²) in [6, 6.07) is 11.3. The van der Waals surface area contributed by atoms with Crippen LogP contribution in [0.15, 0.2) is 36.4 Å². The number of benzene rings is 2. The van der Waals surface area contributed by atoms with E-state index in [0.717, 1.165) is 16.7 Å². The van der Waals surface area contributed by atoms with Gasteiger partial charge >= 0.3 is 0 Å². The van der Waals surface area contributed by atoms with Crippen molar-refractivity contribution in [1.82, 2.24) is 0 Å². The van der Waals surface area contributed by atoms with E-state index < -0.39 is 0 Å². The first-order valence-electron chi connectivity index (χ1n) is 5.20. The highest BCUT2D eigenvalue weighted by molar-refractivity contribution is 5.71. The molecule has 0 unspecified atom stereocenters. The van der Waals surface area contributed by atoms with Gasteiger partial charge in [0.05, 0.1) is 5.69 Å². The lowest BCUT2D eigenvalue weighted by molar-refractivity contribution is 0.631. The van der Waals surface area contributed by atoms with Crippen LogP contribution in [0.5, 0.6) is 0 Å². The largest absolute Gasteiger partial charge is 0.396 e. The van der Waals surface area contributed by atoms with E-state index >= 15 is 0 Å². The predicted molar refractivity (Wildman–Crippen MR) is 65.7 cm³/mol. The molecule has 0 amide bonds. The molecule has 0 atom stereocenters. The van der Waals surface area contributed by atoms with Crippen LogP contribution in [0.25, 0.3) is 11.1 Å². The Kier molecular flexibility index (Phi) is 2.65. The normalized spacial score (nSPS) is 10.4. The molecule has 0 aliphatic rings. The van der Waals surface area contributed by atoms with Gasteiger partial charge in [0.15, 0.2) is 0 Å². The van der Waals surface area contributed by atoms with E-state index in [-0.39, 0.29) is 11.5 Å². The van der Waals surface area contributed by atoms with Crippen molar-refractivity contribution in [2.75, 3.05) is 5.73 Å². The first kappa shape index (κ1) is 10.7. The Labute approximate surface area is 94.7 Å². The van der Waals surface area contributed by atoms with Gasteiger partial charge in [0.1, 0.15) is 5.82 Å². The van der Waals surface area contributed by atoms with Crippen LogP contribution in [0.2, 0.25) is 0 Å². The number of halogens is 1. The lowest BCUT2D eigenvalue weighted by Gasteiger charge is -2.08. The molecule has 2 N–H and O–H groups in total. The summed E-state index contributed by atoms with van der Waals surface area (Å²) >= 11 is 0. The lowest BCUT2D eigenvalue weighted by atomic mass is 9.99. The number of aryl methyl sites for hydroxylation is 2. The van der Waals surface area contributed by atoms with Crippen LogP contribution >= 0.6 is 0 Å². The third kappa shape index (κ3) is 1.91. The van der Waals surface area contributed by atoms with Gasteiger partial charge in [0, 0.05) is 0 Å². The van der Waals surface area contributed by atoms with Gasteiger partial charge in [-0.2, -0.15) is 0 Å². The number of hydrogen-bond donors (Lipinski definition) is 1. The first-order valence-corrected chi connectivity index (χ1v) is 5.20. The van der Waals surface area contributed by atoms with E-state index in [4.69, 9.17) is 5.73 Å². The van der Waals surface area contributed by atoms with Gasteiger partial charge in [-0.15, -0.1) is 0 Å². The van der Waals surface area contributed by atoms with Crippen LogP contribution in [-0.4, -0.2) is 0 Å². The first-order chi connectivity index (χ1) is 7.58. The molecule has 0 aliphatic heterocycles. The summed E-state index contributed by atoms with van der Waals surface area (Å²) in [5.74, 6) is -0.353. The zero-order valence-corrected chi connectivity index (χ0v) is 9.42. The predicted octanol–water partition coefficient (Wildman–Crippen LogP) is 3.69. The highest BCUT2D eigenvalue weighted by atomic mass is 19.1. The Morgan fingerprint density at radius 1 is 1.00 bits per heavy atom. The lowest BCUT2D eigenvalue weighted by Crippen LogP contribution is -1.93.